The van der Waals surface area contributed by atoms with Gasteiger partial charge in [0, 0.05) is 35.8 Å². The average Bonchev–Trinajstić information content (AvgIpc) is 2.96. The van der Waals surface area contributed by atoms with Gasteiger partial charge in [0.25, 0.3) is 0 Å². The van der Waals surface area contributed by atoms with E-state index < -0.39 is 0 Å². The molecule has 0 radical (unpaired) electrons. The van der Waals surface area contributed by atoms with Crippen molar-refractivity contribution < 1.29 is 4.74 Å². The number of hydrogen-bond acceptors (Lipinski definition) is 3. The first-order valence-electron chi connectivity index (χ1n) is 7.73. The van der Waals surface area contributed by atoms with Crippen LogP contribution in [0.1, 0.15) is 30.5 Å². The van der Waals surface area contributed by atoms with Crippen molar-refractivity contribution >= 4 is 0 Å². The van der Waals surface area contributed by atoms with Crippen molar-refractivity contribution in [2.24, 2.45) is 0 Å². The van der Waals surface area contributed by atoms with Crippen LogP contribution in [0.2, 0.25) is 0 Å². The van der Waals surface area contributed by atoms with Crippen molar-refractivity contribution in [1.82, 2.24) is 10.3 Å². The van der Waals surface area contributed by atoms with Gasteiger partial charge in [-0.25, -0.2) is 0 Å². The predicted molar refractivity (Wildman–Crippen MR) is 84.7 cm³/mol. The van der Waals surface area contributed by atoms with Crippen LogP contribution >= 0.6 is 0 Å². The van der Waals surface area contributed by atoms with E-state index in [1.54, 1.807) is 0 Å². The Balaban J connectivity index is 1.80. The first kappa shape index (κ1) is 14.1. The fraction of sp³-hybridized carbons (Fsp3) is 0.389. The van der Waals surface area contributed by atoms with Crippen LogP contribution in [0.3, 0.4) is 0 Å². The minimum absolute atomic E-state index is 0.364. The Morgan fingerprint density at radius 1 is 1.24 bits per heavy atom. The lowest BCUT2D eigenvalue weighted by atomic mass is 9.90. The van der Waals surface area contributed by atoms with E-state index in [1.165, 1.54) is 5.56 Å². The summed E-state index contributed by atoms with van der Waals surface area (Å²) in [6.45, 7) is 3.98. The fourth-order valence-electron chi connectivity index (χ4n) is 2.95. The number of fused-ring (bicyclic) bond motifs is 1. The molecular formula is C18H22N2O. The van der Waals surface area contributed by atoms with Gasteiger partial charge in [0.1, 0.15) is 5.75 Å². The summed E-state index contributed by atoms with van der Waals surface area (Å²) in [5, 5.41) is 3.68. The maximum absolute atomic E-state index is 5.85. The highest BCUT2D eigenvalue weighted by atomic mass is 16.5. The molecule has 3 heteroatoms. The highest BCUT2D eigenvalue weighted by Crippen LogP contribution is 2.36. The second-order valence-electron chi connectivity index (χ2n) is 5.54. The van der Waals surface area contributed by atoms with E-state index in [0.29, 0.717) is 12.0 Å². The van der Waals surface area contributed by atoms with Gasteiger partial charge in [-0.1, -0.05) is 31.2 Å². The normalized spacial score (nSPS) is 18.0. The van der Waals surface area contributed by atoms with Crippen molar-refractivity contribution in [1.29, 1.82) is 0 Å². The summed E-state index contributed by atoms with van der Waals surface area (Å²) in [4.78, 5) is 4.47. The number of pyridine rings is 1. The van der Waals surface area contributed by atoms with Crippen molar-refractivity contribution in [3.05, 3.63) is 59.9 Å². The van der Waals surface area contributed by atoms with Crippen LogP contribution in [-0.4, -0.2) is 24.2 Å². The molecular weight excluding hydrogens is 260 g/mol. The lowest BCUT2D eigenvalue weighted by molar-refractivity contribution is 0.296. The van der Waals surface area contributed by atoms with Crippen LogP contribution in [0.15, 0.2) is 48.7 Å². The first-order valence-corrected chi connectivity index (χ1v) is 7.73. The third kappa shape index (κ3) is 3.24. The van der Waals surface area contributed by atoms with Gasteiger partial charge in [0.15, 0.2) is 0 Å². The van der Waals surface area contributed by atoms with Crippen LogP contribution in [0.5, 0.6) is 5.75 Å². The molecule has 3 rings (SSSR count). The first-order chi connectivity index (χ1) is 10.4. The summed E-state index contributed by atoms with van der Waals surface area (Å²) < 4.78 is 5.85. The number of benzene rings is 1. The van der Waals surface area contributed by atoms with Crippen LogP contribution < -0.4 is 10.1 Å². The maximum Gasteiger partial charge on any atom is 0.122 e. The second kappa shape index (κ2) is 6.72. The van der Waals surface area contributed by atoms with Crippen LogP contribution in [0, 0.1) is 0 Å². The number of nitrogens with zero attached hydrogens (tertiary/aromatic N) is 1. The minimum Gasteiger partial charge on any atom is -0.493 e. The molecule has 110 valence electrons. The molecule has 2 heterocycles. The van der Waals surface area contributed by atoms with E-state index in [1.807, 2.05) is 18.3 Å². The van der Waals surface area contributed by atoms with E-state index in [9.17, 15) is 0 Å². The smallest absolute Gasteiger partial charge is 0.122 e. The molecule has 21 heavy (non-hydrogen) atoms. The van der Waals surface area contributed by atoms with E-state index in [-0.39, 0.29) is 0 Å². The summed E-state index contributed by atoms with van der Waals surface area (Å²) in [5.74, 6) is 1.43. The highest BCUT2D eigenvalue weighted by Gasteiger charge is 2.31. The van der Waals surface area contributed by atoms with E-state index >= 15 is 0 Å². The van der Waals surface area contributed by atoms with Crippen molar-refractivity contribution in [3.63, 3.8) is 0 Å². The van der Waals surface area contributed by atoms with E-state index in [4.69, 9.17) is 4.74 Å². The van der Waals surface area contributed by atoms with Gasteiger partial charge in [0.05, 0.1) is 6.61 Å². The Hall–Kier alpha value is -1.87. The third-order valence-electron chi connectivity index (χ3n) is 4.03. The number of nitrogens with one attached hydrogen (secondary N) is 1. The minimum atomic E-state index is 0.364. The molecule has 1 aliphatic rings. The largest absolute Gasteiger partial charge is 0.493 e. The lowest BCUT2D eigenvalue weighted by Crippen LogP contribution is -2.38. The molecule has 0 saturated carbocycles. The number of aromatic nitrogens is 1. The molecule has 2 unspecified atom stereocenters. The van der Waals surface area contributed by atoms with Gasteiger partial charge < -0.3 is 10.1 Å². The van der Waals surface area contributed by atoms with Crippen LogP contribution in [0.4, 0.5) is 0 Å². The molecule has 1 aromatic carbocycles. The summed E-state index contributed by atoms with van der Waals surface area (Å²) in [5.41, 5.74) is 2.46. The Labute approximate surface area is 126 Å². The standard InChI is InChI=1S/C18H22N2O/c1-2-10-20-17(12-14-7-5-6-11-19-14)16-13-21-18-9-4-3-8-15(16)18/h3-9,11,16-17,20H,2,10,12-13H2,1H3. The molecule has 3 nitrogen and oxygen atoms in total. The van der Waals surface area contributed by atoms with Gasteiger partial charge >= 0.3 is 0 Å². The third-order valence-corrected chi connectivity index (χ3v) is 4.03. The zero-order valence-electron chi connectivity index (χ0n) is 12.5. The van der Waals surface area contributed by atoms with Crippen LogP contribution in [0.25, 0.3) is 0 Å². The molecule has 0 aliphatic carbocycles. The van der Waals surface area contributed by atoms with E-state index in [0.717, 1.165) is 37.4 Å². The SMILES string of the molecule is CCCNC(Cc1ccccn1)C1COc2ccccc21. The van der Waals surface area contributed by atoms with Gasteiger partial charge in [-0.2, -0.15) is 0 Å². The maximum atomic E-state index is 5.85. The van der Waals surface area contributed by atoms with E-state index in [2.05, 4.69) is 47.6 Å². The molecule has 2 atom stereocenters. The van der Waals surface area contributed by atoms with Crippen molar-refractivity contribution in [2.75, 3.05) is 13.2 Å². The Bertz CT molecular complexity index is 570. The Kier molecular flexibility index (Phi) is 4.51. The molecule has 1 N–H and O–H groups in total. The lowest BCUT2D eigenvalue weighted by Gasteiger charge is -2.24. The summed E-state index contributed by atoms with van der Waals surface area (Å²) in [6.07, 6.45) is 3.93. The molecule has 0 bridgehead atoms. The molecule has 0 spiro atoms. The second-order valence-corrected chi connectivity index (χ2v) is 5.54. The average molecular weight is 282 g/mol. The van der Waals surface area contributed by atoms with Gasteiger partial charge in [-0.3, -0.25) is 4.98 Å². The molecule has 1 aliphatic heterocycles. The van der Waals surface area contributed by atoms with Crippen molar-refractivity contribution in [3.8, 4) is 5.75 Å². The number of para-hydroxylation sites is 1. The van der Waals surface area contributed by atoms with Crippen LogP contribution in [-0.2, 0) is 6.42 Å². The Morgan fingerprint density at radius 3 is 2.90 bits per heavy atom. The molecule has 2 aromatic rings. The van der Waals surface area contributed by atoms with Gasteiger partial charge in [0.2, 0.25) is 0 Å². The highest BCUT2D eigenvalue weighted by molar-refractivity contribution is 5.40. The zero-order chi connectivity index (χ0) is 14.5. The molecule has 1 aromatic heterocycles. The molecule has 0 saturated heterocycles. The molecule has 0 amide bonds. The Morgan fingerprint density at radius 2 is 2.10 bits per heavy atom. The predicted octanol–water partition coefficient (Wildman–Crippen LogP) is 3.17. The van der Waals surface area contributed by atoms with Gasteiger partial charge in [-0.15, -0.1) is 0 Å². The number of hydrogen-bond donors (Lipinski definition) is 1. The quantitative estimate of drug-likeness (QED) is 0.883. The topological polar surface area (TPSA) is 34.2 Å². The van der Waals surface area contributed by atoms with Crippen molar-refractivity contribution in [2.45, 2.75) is 31.7 Å². The zero-order valence-corrected chi connectivity index (χ0v) is 12.5. The van der Waals surface area contributed by atoms with Gasteiger partial charge in [-0.05, 0) is 31.2 Å². The monoisotopic (exact) mass is 282 g/mol. The number of rotatable bonds is 6. The fourth-order valence-corrected chi connectivity index (χ4v) is 2.95. The molecule has 0 fully saturated rings. The summed E-state index contributed by atoms with van der Waals surface area (Å²) in [7, 11) is 0. The summed E-state index contributed by atoms with van der Waals surface area (Å²) >= 11 is 0. The number of ether oxygens (including phenoxy) is 1. The summed E-state index contributed by atoms with van der Waals surface area (Å²) in [6, 6.07) is 14.9.